The molecule has 0 aliphatic rings. The van der Waals surface area contributed by atoms with Crippen molar-refractivity contribution >= 4 is 34.6 Å². The number of nitrogens with one attached hydrogen (secondary N) is 1. The highest BCUT2D eigenvalue weighted by atomic mass is 16.6. The summed E-state index contributed by atoms with van der Waals surface area (Å²) in [5, 5.41) is 17.0. The van der Waals surface area contributed by atoms with Gasteiger partial charge in [0, 0.05) is 35.1 Å². The number of nitriles is 1. The fraction of sp³-hybridized carbons (Fsp3) is 0.296. The minimum atomic E-state index is -0.734. The van der Waals surface area contributed by atoms with Crippen LogP contribution in [0.5, 0.6) is 0 Å². The third kappa shape index (κ3) is 5.95. The van der Waals surface area contributed by atoms with Crippen LogP contribution in [0.25, 0.3) is 22.2 Å². The molecule has 0 atom stereocenters. The van der Waals surface area contributed by atoms with Crippen molar-refractivity contribution in [2.75, 3.05) is 5.32 Å². The van der Waals surface area contributed by atoms with E-state index in [1.165, 1.54) is 17.0 Å². The van der Waals surface area contributed by atoms with E-state index in [9.17, 15) is 9.59 Å². The summed E-state index contributed by atoms with van der Waals surface area (Å²) in [5.74, 6) is 0.496. The number of aromatic nitrogens is 4. The van der Waals surface area contributed by atoms with Crippen molar-refractivity contribution in [3.63, 3.8) is 0 Å². The van der Waals surface area contributed by atoms with Crippen LogP contribution < -0.4 is 5.32 Å². The number of benzene rings is 1. The van der Waals surface area contributed by atoms with Crippen molar-refractivity contribution in [1.29, 1.82) is 5.26 Å². The largest absolute Gasteiger partial charge is 0.443 e. The first-order valence-corrected chi connectivity index (χ1v) is 11.6. The van der Waals surface area contributed by atoms with E-state index in [1.54, 1.807) is 84.1 Å². The highest BCUT2D eigenvalue weighted by molar-refractivity contribution is 5.97. The number of rotatable bonds is 3. The lowest BCUT2D eigenvalue weighted by molar-refractivity contribution is 0.0512. The summed E-state index contributed by atoms with van der Waals surface area (Å²) in [6, 6.07) is 12.5. The molecule has 0 aliphatic heterocycles. The van der Waals surface area contributed by atoms with E-state index in [4.69, 9.17) is 14.7 Å². The molecular formula is C27H28N6O4. The summed E-state index contributed by atoms with van der Waals surface area (Å²) in [6.07, 6.45) is 3.42. The van der Waals surface area contributed by atoms with Crippen molar-refractivity contribution < 1.29 is 19.1 Å². The number of hydrogen-bond acceptors (Lipinski definition) is 8. The Bertz CT molecular complexity index is 1510. The topological polar surface area (TPSA) is 124 Å². The molecule has 0 fully saturated rings. The Labute approximate surface area is 214 Å². The Morgan fingerprint density at radius 1 is 0.946 bits per heavy atom. The first kappa shape index (κ1) is 25.4. The van der Waals surface area contributed by atoms with Gasteiger partial charge in [-0.1, -0.05) is 0 Å². The molecule has 0 radical (unpaired) electrons. The van der Waals surface area contributed by atoms with Crippen LogP contribution in [0.3, 0.4) is 0 Å². The summed E-state index contributed by atoms with van der Waals surface area (Å²) in [5.41, 5.74) is 1.43. The van der Waals surface area contributed by atoms with Crippen molar-refractivity contribution in [2.24, 2.45) is 0 Å². The van der Waals surface area contributed by atoms with Gasteiger partial charge in [0.05, 0.1) is 29.0 Å². The average molecular weight is 501 g/mol. The van der Waals surface area contributed by atoms with Gasteiger partial charge in [0.25, 0.3) is 0 Å². The Balaban J connectivity index is 1.77. The lowest BCUT2D eigenvalue weighted by Crippen LogP contribution is -2.27. The van der Waals surface area contributed by atoms with Gasteiger partial charge in [-0.3, -0.25) is 0 Å². The lowest BCUT2D eigenvalue weighted by Gasteiger charge is -2.21. The highest BCUT2D eigenvalue weighted by Crippen LogP contribution is 2.31. The number of fused-ring (bicyclic) bond motifs is 1. The maximum absolute atomic E-state index is 13.3. The number of nitrogens with zero attached hydrogens (tertiary/aromatic N) is 5. The number of pyridine rings is 1. The molecule has 0 saturated heterocycles. The van der Waals surface area contributed by atoms with Crippen LogP contribution in [-0.4, -0.2) is 42.7 Å². The predicted molar refractivity (Wildman–Crippen MR) is 139 cm³/mol. The number of carbonyl (C=O) groups is 2. The fourth-order valence-electron chi connectivity index (χ4n) is 3.53. The normalized spacial score (nSPS) is 11.7. The van der Waals surface area contributed by atoms with Gasteiger partial charge in [-0.2, -0.15) is 15.0 Å². The molecule has 10 nitrogen and oxygen atoms in total. The van der Waals surface area contributed by atoms with Gasteiger partial charge in [0.15, 0.2) is 0 Å². The summed E-state index contributed by atoms with van der Waals surface area (Å²) in [4.78, 5) is 30.3. The predicted octanol–water partition coefficient (Wildman–Crippen LogP) is 6.08. The summed E-state index contributed by atoms with van der Waals surface area (Å²) in [6.45, 7) is 10.7. The van der Waals surface area contributed by atoms with Crippen LogP contribution in [0, 0.1) is 11.3 Å². The minimum Gasteiger partial charge on any atom is -0.443 e. The van der Waals surface area contributed by atoms with Gasteiger partial charge < -0.3 is 14.8 Å². The number of hydrogen-bond donors (Lipinski definition) is 1. The molecule has 0 bridgehead atoms. The summed E-state index contributed by atoms with van der Waals surface area (Å²) >= 11 is 0. The van der Waals surface area contributed by atoms with E-state index in [2.05, 4.69) is 21.5 Å². The molecule has 0 saturated carbocycles. The van der Waals surface area contributed by atoms with Crippen LogP contribution in [-0.2, 0) is 9.47 Å². The van der Waals surface area contributed by atoms with Crippen molar-refractivity contribution in [3.8, 4) is 17.3 Å². The molecule has 0 unspecified atom stereocenters. The first-order valence-electron chi connectivity index (χ1n) is 11.6. The Hall–Kier alpha value is -4.65. The van der Waals surface area contributed by atoms with Crippen LogP contribution in [0.4, 0.5) is 21.1 Å². The third-order valence-corrected chi connectivity index (χ3v) is 5.01. The summed E-state index contributed by atoms with van der Waals surface area (Å²) in [7, 11) is 0. The van der Waals surface area contributed by atoms with Gasteiger partial charge in [-0.15, -0.1) is 0 Å². The van der Waals surface area contributed by atoms with E-state index in [-0.39, 0.29) is 0 Å². The monoisotopic (exact) mass is 500 g/mol. The van der Waals surface area contributed by atoms with E-state index >= 15 is 0 Å². The number of ether oxygens (including phenoxy) is 2. The van der Waals surface area contributed by atoms with Crippen molar-refractivity contribution in [3.05, 3.63) is 60.6 Å². The minimum absolute atomic E-state index is 0.483. The fourth-order valence-corrected chi connectivity index (χ4v) is 3.53. The van der Waals surface area contributed by atoms with Crippen LogP contribution >= 0.6 is 0 Å². The van der Waals surface area contributed by atoms with Crippen LogP contribution in [0.2, 0.25) is 0 Å². The SMILES string of the molecule is CC(C)(C)OC(=O)n1cc(-c2cc3cnc(Nc4ccc(C#N)cc4)cc3n2C(=O)OC(C)(C)C)cn1. The van der Waals surface area contributed by atoms with Crippen molar-refractivity contribution in [2.45, 2.75) is 52.7 Å². The molecule has 3 aromatic heterocycles. The molecule has 1 aromatic carbocycles. The molecule has 4 rings (SSSR count). The van der Waals surface area contributed by atoms with Gasteiger partial charge in [0.2, 0.25) is 0 Å². The third-order valence-electron chi connectivity index (χ3n) is 5.01. The van der Waals surface area contributed by atoms with Crippen LogP contribution in [0.15, 0.2) is 55.0 Å². The molecule has 190 valence electrons. The zero-order valence-electron chi connectivity index (χ0n) is 21.6. The second kappa shape index (κ2) is 9.43. The second-order valence-corrected chi connectivity index (χ2v) is 10.4. The number of carbonyl (C=O) groups excluding carboxylic acids is 2. The Kier molecular flexibility index (Phi) is 6.48. The molecule has 3 heterocycles. The Morgan fingerprint density at radius 3 is 2.22 bits per heavy atom. The van der Waals surface area contributed by atoms with Crippen molar-refractivity contribution in [1.82, 2.24) is 19.3 Å². The Morgan fingerprint density at radius 2 is 1.59 bits per heavy atom. The molecule has 37 heavy (non-hydrogen) atoms. The smallest absolute Gasteiger partial charge is 0.435 e. The number of anilines is 2. The van der Waals surface area contributed by atoms with E-state index in [0.717, 1.165) is 10.4 Å². The molecule has 0 spiro atoms. The first-order chi connectivity index (χ1) is 17.3. The zero-order chi connectivity index (χ0) is 27.0. The molecule has 4 aromatic rings. The zero-order valence-corrected chi connectivity index (χ0v) is 21.6. The standard InChI is InChI=1S/C27H28N6O4/c1-26(2,3)36-24(34)32-16-19(15-30-32)21-11-18-14-29-23(31-20-9-7-17(13-28)8-10-20)12-22(18)33(21)25(35)37-27(4,5)6/h7-12,14-16H,1-6H3,(H,29,31). The molecule has 0 amide bonds. The molecular weight excluding hydrogens is 472 g/mol. The van der Waals surface area contributed by atoms with E-state index in [1.807, 2.05) is 0 Å². The molecule has 1 N–H and O–H groups in total. The molecule has 10 heteroatoms. The van der Waals surface area contributed by atoms with Crippen LogP contribution in [0.1, 0.15) is 47.1 Å². The highest BCUT2D eigenvalue weighted by Gasteiger charge is 2.25. The lowest BCUT2D eigenvalue weighted by atomic mass is 10.2. The van der Waals surface area contributed by atoms with E-state index in [0.29, 0.717) is 33.5 Å². The quantitative estimate of drug-likeness (QED) is 0.359. The van der Waals surface area contributed by atoms with Gasteiger partial charge in [-0.25, -0.2) is 19.1 Å². The maximum Gasteiger partial charge on any atom is 0.435 e. The average Bonchev–Trinajstić information content (AvgIpc) is 3.42. The van der Waals surface area contributed by atoms with Gasteiger partial charge in [-0.05, 0) is 71.9 Å². The summed E-state index contributed by atoms with van der Waals surface area (Å²) < 4.78 is 13.6. The molecule has 0 aliphatic carbocycles. The maximum atomic E-state index is 13.3. The second-order valence-electron chi connectivity index (χ2n) is 10.4. The van der Waals surface area contributed by atoms with E-state index < -0.39 is 23.4 Å². The van der Waals surface area contributed by atoms with Gasteiger partial charge >= 0.3 is 12.2 Å². The van der Waals surface area contributed by atoms with Gasteiger partial charge in [0.1, 0.15) is 17.0 Å².